The molecule has 3 aromatic rings. The Kier molecular flexibility index (Phi) is 8.75. The Hall–Kier alpha value is -3.76. The molecule has 1 aromatic heterocycles. The van der Waals surface area contributed by atoms with Crippen LogP contribution in [0.4, 0.5) is 9.39 Å². The lowest BCUT2D eigenvalue weighted by Gasteiger charge is -2.10. The van der Waals surface area contributed by atoms with Gasteiger partial charge in [-0.15, -0.1) is 11.3 Å². The SMILES string of the molecule is CCOC(=O)c1c(NC(=O)C(=O)NN=C(C)c2ccc(OCc3c(F)cccc3Cl)cc2)sc2c1CCC2. The quantitative estimate of drug-likeness (QED) is 0.170. The van der Waals surface area contributed by atoms with Gasteiger partial charge in [0, 0.05) is 10.4 Å². The van der Waals surface area contributed by atoms with E-state index in [0.717, 1.165) is 29.7 Å². The number of amides is 2. The largest absolute Gasteiger partial charge is 0.489 e. The number of halogens is 2. The highest BCUT2D eigenvalue weighted by Crippen LogP contribution is 2.39. The standard InChI is InChI=1S/C27H25ClFN3O5S/c1-3-36-27(35)23-18-6-4-9-22(18)38-26(23)30-24(33)25(34)32-31-15(2)16-10-12-17(13-11-16)37-14-19-20(28)7-5-8-21(19)29/h5,7-8,10-13H,3-4,6,9,14H2,1-2H3,(H,30,33)(H,32,34). The predicted molar refractivity (Wildman–Crippen MR) is 143 cm³/mol. The van der Waals surface area contributed by atoms with Gasteiger partial charge >= 0.3 is 17.8 Å². The molecule has 0 bridgehead atoms. The highest BCUT2D eigenvalue weighted by molar-refractivity contribution is 7.17. The van der Waals surface area contributed by atoms with Crippen molar-refractivity contribution in [2.75, 3.05) is 11.9 Å². The number of fused-ring (bicyclic) bond motifs is 1. The summed E-state index contributed by atoms with van der Waals surface area (Å²) in [6.45, 7) is 3.54. The second-order valence-corrected chi connectivity index (χ2v) is 9.90. The molecule has 0 atom stereocenters. The zero-order chi connectivity index (χ0) is 27.2. The Bertz CT molecular complexity index is 1380. The highest BCUT2D eigenvalue weighted by Gasteiger charge is 2.29. The average molecular weight is 558 g/mol. The second kappa shape index (κ2) is 12.2. The van der Waals surface area contributed by atoms with E-state index in [9.17, 15) is 18.8 Å². The number of hydrazone groups is 1. The van der Waals surface area contributed by atoms with Gasteiger partial charge in [0.25, 0.3) is 0 Å². The highest BCUT2D eigenvalue weighted by atomic mass is 35.5. The van der Waals surface area contributed by atoms with Crippen LogP contribution >= 0.6 is 22.9 Å². The number of anilines is 1. The number of thiophene rings is 1. The van der Waals surface area contributed by atoms with Crippen molar-refractivity contribution in [1.29, 1.82) is 0 Å². The lowest BCUT2D eigenvalue weighted by molar-refractivity contribution is -0.136. The van der Waals surface area contributed by atoms with Crippen LogP contribution in [-0.2, 0) is 33.8 Å². The molecule has 0 spiro atoms. The lowest BCUT2D eigenvalue weighted by Crippen LogP contribution is -2.33. The molecular formula is C27H25ClFN3O5S. The molecule has 11 heteroatoms. The molecule has 2 aromatic carbocycles. The summed E-state index contributed by atoms with van der Waals surface area (Å²) in [7, 11) is 0. The van der Waals surface area contributed by atoms with Gasteiger partial charge in [0.2, 0.25) is 0 Å². The molecule has 0 saturated heterocycles. The summed E-state index contributed by atoms with van der Waals surface area (Å²) in [5.41, 5.74) is 4.81. The van der Waals surface area contributed by atoms with Gasteiger partial charge in [-0.3, -0.25) is 9.59 Å². The molecule has 38 heavy (non-hydrogen) atoms. The molecule has 0 saturated carbocycles. The number of nitrogens with zero attached hydrogens (tertiary/aromatic N) is 1. The molecule has 0 radical (unpaired) electrons. The number of hydrogen-bond acceptors (Lipinski definition) is 7. The Morgan fingerprint density at radius 3 is 2.58 bits per heavy atom. The number of benzene rings is 2. The first kappa shape index (κ1) is 27.3. The van der Waals surface area contributed by atoms with Crippen molar-refractivity contribution in [3.05, 3.63) is 80.4 Å². The first-order valence-corrected chi connectivity index (χ1v) is 13.1. The van der Waals surface area contributed by atoms with Gasteiger partial charge in [0.1, 0.15) is 23.2 Å². The Morgan fingerprint density at radius 1 is 1.11 bits per heavy atom. The summed E-state index contributed by atoms with van der Waals surface area (Å²) in [4.78, 5) is 38.4. The van der Waals surface area contributed by atoms with Crippen molar-refractivity contribution in [2.45, 2.75) is 39.7 Å². The van der Waals surface area contributed by atoms with Crippen molar-refractivity contribution >= 4 is 51.4 Å². The Balaban J connectivity index is 1.35. The number of hydrogen-bond donors (Lipinski definition) is 2. The minimum Gasteiger partial charge on any atom is -0.489 e. The van der Waals surface area contributed by atoms with Gasteiger partial charge in [-0.2, -0.15) is 5.10 Å². The number of carbonyl (C=O) groups is 3. The summed E-state index contributed by atoms with van der Waals surface area (Å²) in [6.07, 6.45) is 2.48. The fourth-order valence-corrected chi connectivity index (χ4v) is 5.43. The molecule has 198 valence electrons. The van der Waals surface area contributed by atoms with E-state index in [1.165, 1.54) is 23.5 Å². The van der Waals surface area contributed by atoms with Crippen LogP contribution in [0.1, 0.15) is 52.2 Å². The van der Waals surface area contributed by atoms with Crippen LogP contribution in [0, 0.1) is 5.82 Å². The topological polar surface area (TPSA) is 106 Å². The molecule has 1 heterocycles. The number of aryl methyl sites for hydroxylation is 1. The van der Waals surface area contributed by atoms with Crippen molar-refractivity contribution < 1.29 is 28.2 Å². The minimum absolute atomic E-state index is 0.0335. The smallest absolute Gasteiger partial charge is 0.341 e. The third kappa shape index (κ3) is 6.20. The fourth-order valence-electron chi connectivity index (χ4n) is 3.94. The zero-order valence-electron chi connectivity index (χ0n) is 20.7. The maximum Gasteiger partial charge on any atom is 0.341 e. The first-order valence-electron chi connectivity index (χ1n) is 11.9. The van der Waals surface area contributed by atoms with Crippen LogP contribution < -0.4 is 15.5 Å². The van der Waals surface area contributed by atoms with E-state index in [2.05, 4.69) is 15.8 Å². The number of rotatable bonds is 8. The zero-order valence-corrected chi connectivity index (χ0v) is 22.3. The van der Waals surface area contributed by atoms with Crippen LogP contribution in [0.3, 0.4) is 0 Å². The van der Waals surface area contributed by atoms with Crippen LogP contribution in [0.25, 0.3) is 0 Å². The van der Waals surface area contributed by atoms with Crippen molar-refractivity contribution in [2.24, 2.45) is 5.10 Å². The molecular weight excluding hydrogens is 533 g/mol. The van der Waals surface area contributed by atoms with E-state index >= 15 is 0 Å². The molecule has 0 fully saturated rings. The maximum atomic E-state index is 13.9. The Morgan fingerprint density at radius 2 is 1.87 bits per heavy atom. The van der Waals surface area contributed by atoms with Gasteiger partial charge in [-0.05, 0) is 80.6 Å². The lowest BCUT2D eigenvalue weighted by atomic mass is 10.1. The molecule has 0 unspecified atom stereocenters. The van der Waals surface area contributed by atoms with Crippen LogP contribution in [-0.4, -0.2) is 30.1 Å². The summed E-state index contributed by atoms with van der Waals surface area (Å²) in [5, 5.41) is 7.12. The normalized spacial score (nSPS) is 12.6. The third-order valence-electron chi connectivity index (χ3n) is 5.88. The monoisotopic (exact) mass is 557 g/mol. The summed E-state index contributed by atoms with van der Waals surface area (Å²) in [5.74, 6) is -2.39. The predicted octanol–water partition coefficient (Wildman–Crippen LogP) is 5.26. The Labute approximate surface area is 227 Å². The molecule has 2 amide bonds. The summed E-state index contributed by atoms with van der Waals surface area (Å²) < 4.78 is 24.7. The van der Waals surface area contributed by atoms with E-state index < -0.39 is 23.6 Å². The third-order valence-corrected chi connectivity index (χ3v) is 7.44. The summed E-state index contributed by atoms with van der Waals surface area (Å²) >= 11 is 7.31. The van der Waals surface area contributed by atoms with E-state index in [4.69, 9.17) is 21.1 Å². The molecule has 1 aliphatic rings. The van der Waals surface area contributed by atoms with Gasteiger partial charge in [-0.25, -0.2) is 14.6 Å². The van der Waals surface area contributed by atoms with Gasteiger partial charge < -0.3 is 14.8 Å². The molecule has 8 nitrogen and oxygen atoms in total. The number of ether oxygens (including phenoxy) is 2. The van der Waals surface area contributed by atoms with Crippen LogP contribution in [0.5, 0.6) is 5.75 Å². The van der Waals surface area contributed by atoms with Gasteiger partial charge in [0.05, 0.1) is 22.9 Å². The second-order valence-electron chi connectivity index (χ2n) is 8.39. The maximum absolute atomic E-state index is 13.9. The summed E-state index contributed by atoms with van der Waals surface area (Å²) in [6, 6.07) is 11.2. The van der Waals surface area contributed by atoms with E-state index in [-0.39, 0.29) is 23.8 Å². The van der Waals surface area contributed by atoms with Gasteiger partial charge in [-0.1, -0.05) is 17.7 Å². The molecule has 2 N–H and O–H groups in total. The van der Waals surface area contributed by atoms with Crippen LogP contribution in [0.2, 0.25) is 5.02 Å². The van der Waals surface area contributed by atoms with Crippen molar-refractivity contribution in [3.63, 3.8) is 0 Å². The number of nitrogens with one attached hydrogen (secondary N) is 2. The minimum atomic E-state index is -0.977. The molecule has 4 rings (SSSR count). The van der Waals surface area contributed by atoms with E-state index in [1.807, 2.05) is 0 Å². The first-order chi connectivity index (χ1) is 18.3. The van der Waals surface area contributed by atoms with Crippen molar-refractivity contribution in [1.82, 2.24) is 5.43 Å². The number of carbonyl (C=O) groups excluding carboxylic acids is 3. The van der Waals surface area contributed by atoms with Crippen molar-refractivity contribution in [3.8, 4) is 5.75 Å². The van der Waals surface area contributed by atoms with E-state index in [1.54, 1.807) is 44.2 Å². The average Bonchev–Trinajstić information content (AvgIpc) is 3.48. The molecule has 0 aliphatic heterocycles. The molecule has 1 aliphatic carbocycles. The fraction of sp³-hybridized carbons (Fsp3) is 0.259. The van der Waals surface area contributed by atoms with E-state index in [0.29, 0.717) is 27.6 Å². The number of esters is 1. The van der Waals surface area contributed by atoms with Crippen LogP contribution in [0.15, 0.2) is 47.6 Å². The van der Waals surface area contributed by atoms with Gasteiger partial charge in [0.15, 0.2) is 0 Å².